The van der Waals surface area contributed by atoms with Gasteiger partial charge in [0.15, 0.2) is 0 Å². The maximum Gasteiger partial charge on any atom is 0.0543 e. The molecule has 0 amide bonds. The van der Waals surface area contributed by atoms with Gasteiger partial charge in [-0.05, 0) is 44.5 Å². The van der Waals surface area contributed by atoms with Gasteiger partial charge in [-0.1, -0.05) is 13.0 Å². The Labute approximate surface area is 104 Å². The summed E-state index contributed by atoms with van der Waals surface area (Å²) in [5.74, 6) is 0.865. The molecule has 0 radical (unpaired) electrons. The molecule has 1 N–H and O–H groups in total. The predicted molar refractivity (Wildman–Crippen MR) is 70.8 cm³/mol. The molecule has 0 bridgehead atoms. The third kappa shape index (κ3) is 4.10. The van der Waals surface area contributed by atoms with Crippen molar-refractivity contribution in [3.63, 3.8) is 0 Å². The Kier molecular flexibility index (Phi) is 4.51. The highest BCUT2D eigenvalue weighted by atomic mass is 15.1. The van der Waals surface area contributed by atoms with Crippen LogP contribution in [0.5, 0.6) is 0 Å². The Bertz CT molecular complexity index is 325. The van der Waals surface area contributed by atoms with E-state index in [1.165, 1.54) is 19.4 Å². The van der Waals surface area contributed by atoms with Gasteiger partial charge in [0.2, 0.25) is 0 Å². The number of likely N-dealkylation sites (N-methyl/N-ethyl adjacent to an activating group) is 1. The first-order valence-electron chi connectivity index (χ1n) is 6.56. The third-order valence-electron chi connectivity index (χ3n) is 3.45. The molecular weight excluding hydrogens is 210 g/mol. The minimum Gasteiger partial charge on any atom is -0.313 e. The number of pyridine rings is 1. The molecule has 0 aromatic carbocycles. The topological polar surface area (TPSA) is 28.2 Å². The van der Waals surface area contributed by atoms with Crippen LogP contribution in [0.15, 0.2) is 24.4 Å². The van der Waals surface area contributed by atoms with Crippen LogP contribution in [-0.4, -0.2) is 36.1 Å². The van der Waals surface area contributed by atoms with E-state index < -0.39 is 0 Å². The van der Waals surface area contributed by atoms with Crippen LogP contribution in [0.3, 0.4) is 0 Å². The second kappa shape index (κ2) is 6.12. The Balaban J connectivity index is 1.79. The summed E-state index contributed by atoms with van der Waals surface area (Å²) in [6.45, 7) is 5.57. The van der Waals surface area contributed by atoms with E-state index >= 15 is 0 Å². The molecule has 1 aromatic rings. The first kappa shape index (κ1) is 12.5. The highest BCUT2D eigenvalue weighted by Gasteiger charge is 2.19. The smallest absolute Gasteiger partial charge is 0.0543 e. The van der Waals surface area contributed by atoms with Crippen LogP contribution in [0.2, 0.25) is 0 Å². The molecule has 0 aliphatic carbocycles. The van der Waals surface area contributed by atoms with Gasteiger partial charge in [-0.15, -0.1) is 0 Å². The fourth-order valence-corrected chi connectivity index (χ4v) is 2.57. The minimum absolute atomic E-state index is 0.646. The summed E-state index contributed by atoms with van der Waals surface area (Å²) in [5.41, 5.74) is 1.15. The van der Waals surface area contributed by atoms with Crippen molar-refractivity contribution >= 4 is 0 Å². The van der Waals surface area contributed by atoms with Crippen LogP contribution in [0.25, 0.3) is 0 Å². The van der Waals surface area contributed by atoms with E-state index in [2.05, 4.69) is 41.3 Å². The van der Waals surface area contributed by atoms with Crippen molar-refractivity contribution in [1.82, 2.24) is 15.2 Å². The van der Waals surface area contributed by atoms with Crippen molar-refractivity contribution in [2.75, 3.05) is 20.1 Å². The van der Waals surface area contributed by atoms with E-state index in [4.69, 9.17) is 0 Å². The third-order valence-corrected chi connectivity index (χ3v) is 3.45. The number of hydrogen-bond donors (Lipinski definition) is 1. The second-order valence-corrected chi connectivity index (χ2v) is 5.30. The van der Waals surface area contributed by atoms with E-state index in [0.29, 0.717) is 6.04 Å². The number of nitrogens with zero attached hydrogens (tertiary/aromatic N) is 2. The summed E-state index contributed by atoms with van der Waals surface area (Å²) in [7, 11) is 2.18. The zero-order valence-electron chi connectivity index (χ0n) is 10.9. The van der Waals surface area contributed by atoms with Crippen LogP contribution < -0.4 is 5.32 Å². The molecule has 1 saturated heterocycles. The lowest BCUT2D eigenvalue weighted by molar-refractivity contribution is 0.229. The maximum atomic E-state index is 4.36. The van der Waals surface area contributed by atoms with Gasteiger partial charge >= 0.3 is 0 Å². The molecule has 0 spiro atoms. The van der Waals surface area contributed by atoms with Gasteiger partial charge in [-0.3, -0.25) is 9.88 Å². The molecule has 3 nitrogen and oxygen atoms in total. The quantitative estimate of drug-likeness (QED) is 0.861. The molecule has 17 heavy (non-hydrogen) atoms. The van der Waals surface area contributed by atoms with Crippen LogP contribution in [-0.2, 0) is 6.54 Å². The van der Waals surface area contributed by atoms with Gasteiger partial charge in [0, 0.05) is 25.3 Å². The molecular formula is C14H23N3. The summed E-state index contributed by atoms with van der Waals surface area (Å²) in [6.07, 6.45) is 4.48. The normalized spacial score (nSPS) is 25.1. The first-order valence-corrected chi connectivity index (χ1v) is 6.56. The molecule has 1 aromatic heterocycles. The molecule has 3 heteroatoms. The molecule has 0 saturated carbocycles. The average Bonchev–Trinajstić information content (AvgIpc) is 2.30. The number of hydrogen-bond acceptors (Lipinski definition) is 3. The Hall–Kier alpha value is -0.930. The van der Waals surface area contributed by atoms with Gasteiger partial charge in [0.05, 0.1) is 5.69 Å². The number of nitrogens with one attached hydrogen (secondary N) is 1. The number of piperidine rings is 1. The Morgan fingerprint density at radius 3 is 3.06 bits per heavy atom. The maximum absolute atomic E-state index is 4.36. The first-order chi connectivity index (χ1) is 8.24. The van der Waals surface area contributed by atoms with Crippen molar-refractivity contribution in [3.05, 3.63) is 30.1 Å². The minimum atomic E-state index is 0.646. The van der Waals surface area contributed by atoms with Gasteiger partial charge in [-0.25, -0.2) is 0 Å². The highest BCUT2D eigenvalue weighted by molar-refractivity contribution is 5.03. The second-order valence-electron chi connectivity index (χ2n) is 5.30. The van der Waals surface area contributed by atoms with E-state index in [-0.39, 0.29) is 0 Å². The predicted octanol–water partition coefficient (Wildman–Crippen LogP) is 1.90. The van der Waals surface area contributed by atoms with Crippen molar-refractivity contribution < 1.29 is 0 Å². The van der Waals surface area contributed by atoms with Crippen molar-refractivity contribution in [2.45, 2.75) is 32.4 Å². The molecule has 2 rings (SSSR count). The largest absolute Gasteiger partial charge is 0.313 e. The fraction of sp³-hybridized carbons (Fsp3) is 0.643. The summed E-state index contributed by atoms with van der Waals surface area (Å²) in [5, 5.41) is 3.60. The van der Waals surface area contributed by atoms with E-state index in [0.717, 1.165) is 24.7 Å². The molecule has 2 unspecified atom stereocenters. The Morgan fingerprint density at radius 1 is 1.47 bits per heavy atom. The lowest BCUT2D eigenvalue weighted by Crippen LogP contribution is -2.44. The zero-order valence-corrected chi connectivity index (χ0v) is 10.9. The molecule has 2 heterocycles. The van der Waals surface area contributed by atoms with Crippen LogP contribution in [0.4, 0.5) is 0 Å². The summed E-state index contributed by atoms with van der Waals surface area (Å²) >= 11 is 0. The van der Waals surface area contributed by atoms with Gasteiger partial charge in [-0.2, -0.15) is 0 Å². The van der Waals surface area contributed by atoms with Crippen molar-refractivity contribution in [3.8, 4) is 0 Å². The van der Waals surface area contributed by atoms with Crippen LogP contribution in [0, 0.1) is 5.92 Å². The van der Waals surface area contributed by atoms with E-state index in [1.807, 2.05) is 12.3 Å². The van der Waals surface area contributed by atoms with Crippen LogP contribution >= 0.6 is 0 Å². The monoisotopic (exact) mass is 233 g/mol. The highest BCUT2D eigenvalue weighted by Crippen LogP contribution is 2.15. The molecule has 94 valence electrons. The van der Waals surface area contributed by atoms with Crippen molar-refractivity contribution in [2.24, 2.45) is 5.92 Å². The molecule has 2 atom stereocenters. The number of aromatic nitrogens is 1. The summed E-state index contributed by atoms with van der Waals surface area (Å²) < 4.78 is 0. The van der Waals surface area contributed by atoms with E-state index in [1.54, 1.807) is 0 Å². The SMILES string of the molecule is CC1CCNC(CN(C)Cc2ccccn2)C1. The van der Waals surface area contributed by atoms with Gasteiger partial charge < -0.3 is 5.32 Å². The standard InChI is InChI=1S/C14H23N3/c1-12-6-8-16-14(9-12)11-17(2)10-13-5-3-4-7-15-13/h3-5,7,12,14,16H,6,8-11H2,1-2H3. The molecule has 1 fully saturated rings. The number of rotatable bonds is 4. The summed E-state index contributed by atoms with van der Waals surface area (Å²) in [4.78, 5) is 6.72. The lowest BCUT2D eigenvalue weighted by Gasteiger charge is -2.31. The zero-order chi connectivity index (χ0) is 12.1. The van der Waals surface area contributed by atoms with Crippen LogP contribution in [0.1, 0.15) is 25.5 Å². The Morgan fingerprint density at radius 2 is 2.35 bits per heavy atom. The van der Waals surface area contributed by atoms with Gasteiger partial charge in [0.25, 0.3) is 0 Å². The van der Waals surface area contributed by atoms with Gasteiger partial charge in [0.1, 0.15) is 0 Å². The van der Waals surface area contributed by atoms with E-state index in [9.17, 15) is 0 Å². The lowest BCUT2D eigenvalue weighted by atomic mass is 9.94. The molecule has 1 aliphatic heterocycles. The fourth-order valence-electron chi connectivity index (χ4n) is 2.57. The van der Waals surface area contributed by atoms with Crippen molar-refractivity contribution in [1.29, 1.82) is 0 Å². The summed E-state index contributed by atoms with van der Waals surface area (Å²) in [6, 6.07) is 6.76. The average molecular weight is 233 g/mol. The molecule has 1 aliphatic rings.